The molecule has 0 saturated carbocycles. The summed E-state index contributed by atoms with van der Waals surface area (Å²) in [5.41, 5.74) is 0.336. The molecule has 0 fully saturated rings. The van der Waals surface area contributed by atoms with Crippen molar-refractivity contribution in [3.05, 3.63) is 17.3 Å². The molecule has 7 nitrogen and oxygen atoms in total. The Bertz CT molecular complexity index is 522. The Labute approximate surface area is 127 Å². The highest BCUT2D eigenvalue weighted by Gasteiger charge is 2.15. The van der Waals surface area contributed by atoms with Crippen molar-refractivity contribution in [1.82, 2.24) is 9.88 Å². The molecule has 0 atom stereocenters. The van der Waals surface area contributed by atoms with Crippen LogP contribution in [0.4, 0.5) is 10.5 Å². The Morgan fingerprint density at radius 3 is 2.76 bits per heavy atom. The molecule has 0 bridgehead atoms. The number of nitrogens with zero attached hydrogens (tertiary/aromatic N) is 2. The van der Waals surface area contributed by atoms with Crippen LogP contribution in [0.15, 0.2) is 12.3 Å². The van der Waals surface area contributed by atoms with Gasteiger partial charge in [-0.25, -0.2) is 9.78 Å². The van der Waals surface area contributed by atoms with E-state index >= 15 is 0 Å². The predicted octanol–water partition coefficient (Wildman–Crippen LogP) is 2.46. The summed E-state index contributed by atoms with van der Waals surface area (Å²) in [7, 11) is 1.50. The molecular weight excluding hydrogens is 298 g/mol. The van der Waals surface area contributed by atoms with Crippen LogP contribution in [0.3, 0.4) is 0 Å². The third-order valence-electron chi connectivity index (χ3n) is 2.41. The fraction of sp³-hybridized carbons (Fsp3) is 0.462. The number of carbonyl (C=O) groups is 2. The van der Waals surface area contributed by atoms with Gasteiger partial charge in [0.15, 0.2) is 0 Å². The number of rotatable bonds is 6. The van der Waals surface area contributed by atoms with Crippen LogP contribution < -0.4 is 10.1 Å². The van der Waals surface area contributed by atoms with E-state index < -0.39 is 12.0 Å². The van der Waals surface area contributed by atoms with E-state index in [2.05, 4.69) is 10.3 Å². The molecule has 1 heterocycles. The summed E-state index contributed by atoms with van der Waals surface area (Å²) in [6.07, 6.45) is 1.18. The van der Waals surface area contributed by atoms with Crippen molar-refractivity contribution in [2.75, 3.05) is 18.9 Å². The normalized spacial score (nSPS) is 10.3. The van der Waals surface area contributed by atoms with Gasteiger partial charge in [0.1, 0.15) is 5.69 Å². The zero-order chi connectivity index (χ0) is 16.0. The Hall–Kier alpha value is -2.02. The van der Waals surface area contributed by atoms with Gasteiger partial charge < -0.3 is 20.1 Å². The van der Waals surface area contributed by atoms with Gasteiger partial charge in [0.05, 0.1) is 17.5 Å². The van der Waals surface area contributed by atoms with Gasteiger partial charge >= 0.3 is 12.0 Å². The molecule has 0 unspecified atom stereocenters. The summed E-state index contributed by atoms with van der Waals surface area (Å²) in [5, 5.41) is 11.6. The number of ether oxygens (including phenoxy) is 1. The second-order valence-electron chi connectivity index (χ2n) is 4.67. The molecule has 0 radical (unpaired) electrons. The maximum absolute atomic E-state index is 12.0. The van der Waals surface area contributed by atoms with Crippen molar-refractivity contribution in [3.63, 3.8) is 0 Å². The zero-order valence-corrected chi connectivity index (χ0v) is 12.8. The number of halogens is 1. The highest BCUT2D eigenvalue weighted by molar-refractivity contribution is 6.30. The Balaban J connectivity index is 2.78. The zero-order valence-electron chi connectivity index (χ0n) is 12.1. The minimum Gasteiger partial charge on any atom is -0.481 e. The van der Waals surface area contributed by atoms with Crippen LogP contribution in [0.2, 0.25) is 5.02 Å². The lowest BCUT2D eigenvalue weighted by atomic mass is 10.3. The number of anilines is 1. The van der Waals surface area contributed by atoms with Crippen LogP contribution in [0.25, 0.3) is 0 Å². The third kappa shape index (κ3) is 5.86. The summed E-state index contributed by atoms with van der Waals surface area (Å²) in [6, 6.07) is 1.06. The second kappa shape index (κ2) is 7.68. The lowest BCUT2D eigenvalue weighted by molar-refractivity contribution is -0.137. The van der Waals surface area contributed by atoms with Crippen molar-refractivity contribution in [1.29, 1.82) is 0 Å². The lowest BCUT2D eigenvalue weighted by Gasteiger charge is -2.19. The summed E-state index contributed by atoms with van der Waals surface area (Å²) in [5.74, 6) is -0.711. The molecule has 2 amide bonds. The summed E-state index contributed by atoms with van der Waals surface area (Å²) in [6.45, 7) is 3.76. The maximum Gasteiger partial charge on any atom is 0.321 e. The first-order chi connectivity index (χ1) is 9.79. The summed E-state index contributed by atoms with van der Waals surface area (Å²) in [4.78, 5) is 27.8. The standard InChI is InChI=1S/C13H18ClN3O4/c1-8(2)21-12-10(6-9(14)7-15-12)16-13(20)17(3)5-4-11(18)19/h6-8H,4-5H2,1-3H3,(H,16,20)(H,18,19). The summed E-state index contributed by atoms with van der Waals surface area (Å²) < 4.78 is 5.48. The molecule has 8 heteroatoms. The molecule has 0 aliphatic rings. The number of carboxylic acids is 1. The quantitative estimate of drug-likeness (QED) is 0.841. The molecule has 0 aliphatic carbocycles. The smallest absolute Gasteiger partial charge is 0.321 e. The van der Waals surface area contributed by atoms with Crippen LogP contribution in [0.1, 0.15) is 20.3 Å². The fourth-order valence-electron chi connectivity index (χ4n) is 1.41. The molecule has 1 aromatic heterocycles. The summed E-state index contributed by atoms with van der Waals surface area (Å²) >= 11 is 5.86. The molecule has 1 rings (SSSR count). The number of hydrogen-bond donors (Lipinski definition) is 2. The van der Waals surface area contributed by atoms with Gasteiger partial charge in [-0.05, 0) is 19.9 Å². The second-order valence-corrected chi connectivity index (χ2v) is 5.10. The first-order valence-corrected chi connectivity index (χ1v) is 6.73. The Kier molecular flexibility index (Phi) is 6.23. The van der Waals surface area contributed by atoms with Crippen LogP contribution in [0.5, 0.6) is 5.88 Å². The van der Waals surface area contributed by atoms with Gasteiger partial charge in [-0.1, -0.05) is 11.6 Å². The number of aliphatic carboxylic acids is 1. The van der Waals surface area contributed by atoms with Crippen LogP contribution in [-0.2, 0) is 4.79 Å². The number of amides is 2. The van der Waals surface area contributed by atoms with Crippen molar-refractivity contribution < 1.29 is 19.4 Å². The van der Waals surface area contributed by atoms with E-state index in [0.29, 0.717) is 10.7 Å². The van der Waals surface area contributed by atoms with Gasteiger partial charge in [-0.2, -0.15) is 0 Å². The van der Waals surface area contributed by atoms with Crippen LogP contribution in [0, 0.1) is 0 Å². The van der Waals surface area contributed by atoms with Crippen LogP contribution in [-0.4, -0.2) is 46.7 Å². The first-order valence-electron chi connectivity index (χ1n) is 6.35. The maximum atomic E-state index is 12.0. The molecule has 1 aromatic rings. The average Bonchev–Trinajstić information content (AvgIpc) is 2.38. The van der Waals surface area contributed by atoms with Gasteiger partial charge in [0, 0.05) is 19.8 Å². The van der Waals surface area contributed by atoms with E-state index in [-0.39, 0.29) is 24.9 Å². The number of carbonyl (C=O) groups excluding carboxylic acids is 1. The molecular formula is C13H18ClN3O4. The molecule has 0 spiro atoms. The van der Waals surface area contributed by atoms with E-state index in [1.165, 1.54) is 24.2 Å². The fourth-order valence-corrected chi connectivity index (χ4v) is 1.57. The molecule has 0 aromatic carbocycles. The predicted molar refractivity (Wildman–Crippen MR) is 78.9 cm³/mol. The van der Waals surface area contributed by atoms with Crippen molar-refractivity contribution >= 4 is 29.3 Å². The third-order valence-corrected chi connectivity index (χ3v) is 2.62. The van der Waals surface area contributed by atoms with Gasteiger partial charge in [-0.3, -0.25) is 4.79 Å². The average molecular weight is 316 g/mol. The largest absolute Gasteiger partial charge is 0.481 e. The van der Waals surface area contributed by atoms with Gasteiger partial charge in [0.2, 0.25) is 5.88 Å². The topological polar surface area (TPSA) is 91.8 Å². The SMILES string of the molecule is CC(C)Oc1ncc(Cl)cc1NC(=O)N(C)CCC(=O)O. The minimum absolute atomic E-state index is 0.0928. The highest BCUT2D eigenvalue weighted by atomic mass is 35.5. The number of pyridine rings is 1. The minimum atomic E-state index is -0.970. The number of aromatic nitrogens is 1. The van der Waals surface area contributed by atoms with Gasteiger partial charge in [-0.15, -0.1) is 0 Å². The molecule has 0 saturated heterocycles. The van der Waals surface area contributed by atoms with Gasteiger partial charge in [0.25, 0.3) is 0 Å². The number of hydrogen-bond acceptors (Lipinski definition) is 4. The van der Waals surface area contributed by atoms with E-state index in [4.69, 9.17) is 21.4 Å². The van der Waals surface area contributed by atoms with Crippen LogP contribution >= 0.6 is 11.6 Å². The van der Waals surface area contributed by atoms with E-state index in [0.717, 1.165) is 0 Å². The molecule has 21 heavy (non-hydrogen) atoms. The van der Waals surface area contributed by atoms with E-state index in [1.807, 2.05) is 13.8 Å². The van der Waals surface area contributed by atoms with Crippen molar-refractivity contribution in [2.45, 2.75) is 26.4 Å². The molecule has 0 aliphatic heterocycles. The highest BCUT2D eigenvalue weighted by Crippen LogP contribution is 2.26. The number of urea groups is 1. The lowest BCUT2D eigenvalue weighted by Crippen LogP contribution is -2.33. The van der Waals surface area contributed by atoms with Crippen molar-refractivity contribution in [3.8, 4) is 5.88 Å². The van der Waals surface area contributed by atoms with E-state index in [1.54, 1.807) is 0 Å². The molecule has 2 N–H and O–H groups in total. The van der Waals surface area contributed by atoms with E-state index in [9.17, 15) is 9.59 Å². The monoisotopic (exact) mass is 315 g/mol. The Morgan fingerprint density at radius 2 is 2.19 bits per heavy atom. The van der Waals surface area contributed by atoms with Crippen molar-refractivity contribution in [2.24, 2.45) is 0 Å². The molecule has 116 valence electrons. The number of nitrogens with one attached hydrogen (secondary N) is 1. The Morgan fingerprint density at radius 1 is 1.52 bits per heavy atom. The first kappa shape index (κ1) is 17.0. The number of carboxylic acid groups (broad SMARTS) is 1.